The van der Waals surface area contributed by atoms with Crippen molar-refractivity contribution in [2.24, 2.45) is 0 Å². The summed E-state index contributed by atoms with van der Waals surface area (Å²) in [6, 6.07) is 7.42. The van der Waals surface area contributed by atoms with Gasteiger partial charge in [0.05, 0.1) is 11.9 Å². The third kappa shape index (κ3) is 5.02. The molecule has 0 unspecified atom stereocenters. The van der Waals surface area contributed by atoms with Crippen LogP contribution >= 0.6 is 0 Å². The van der Waals surface area contributed by atoms with Gasteiger partial charge in [-0.1, -0.05) is 19.1 Å². The molecule has 124 valence electrons. The molecule has 1 amide bonds. The number of rotatable bonds is 8. The third-order valence-electron chi connectivity index (χ3n) is 3.68. The van der Waals surface area contributed by atoms with Crippen LogP contribution in [-0.4, -0.2) is 45.1 Å². The Morgan fingerprint density at radius 3 is 2.00 bits per heavy atom. The average Bonchev–Trinajstić information content (AvgIpc) is 2.48. The van der Waals surface area contributed by atoms with E-state index in [0.717, 1.165) is 12.0 Å². The number of anilines is 1. The summed E-state index contributed by atoms with van der Waals surface area (Å²) >= 11 is 0. The normalized spacial score (nSPS) is 11.3. The van der Waals surface area contributed by atoms with Gasteiger partial charge in [-0.15, -0.1) is 0 Å². The zero-order valence-corrected chi connectivity index (χ0v) is 14.7. The number of benzene rings is 1. The van der Waals surface area contributed by atoms with Crippen molar-refractivity contribution in [3.05, 3.63) is 29.8 Å². The maximum absolute atomic E-state index is 12.1. The van der Waals surface area contributed by atoms with Crippen LogP contribution in [0.4, 0.5) is 5.69 Å². The van der Waals surface area contributed by atoms with Crippen LogP contribution in [-0.2, 0) is 21.2 Å². The number of aryl methyl sites for hydroxylation is 1. The van der Waals surface area contributed by atoms with Crippen LogP contribution < -0.4 is 4.31 Å². The summed E-state index contributed by atoms with van der Waals surface area (Å²) in [7, 11) is -3.41. The Morgan fingerprint density at radius 1 is 1.05 bits per heavy atom. The number of amides is 1. The van der Waals surface area contributed by atoms with E-state index in [1.165, 1.54) is 10.6 Å². The molecular weight excluding hydrogens is 300 g/mol. The molecule has 0 saturated heterocycles. The second-order valence-corrected chi connectivity index (χ2v) is 7.08. The fourth-order valence-electron chi connectivity index (χ4n) is 2.32. The highest BCUT2D eigenvalue weighted by Crippen LogP contribution is 2.19. The fourth-order valence-corrected chi connectivity index (χ4v) is 3.24. The summed E-state index contributed by atoms with van der Waals surface area (Å²) in [4.78, 5) is 13.8. The molecule has 0 atom stereocenters. The van der Waals surface area contributed by atoms with Crippen LogP contribution in [0.2, 0.25) is 0 Å². The maximum atomic E-state index is 12.1. The number of hydrogen-bond donors (Lipinski definition) is 0. The summed E-state index contributed by atoms with van der Waals surface area (Å²) in [5.74, 6) is -0.0242. The van der Waals surface area contributed by atoms with Crippen LogP contribution in [0.15, 0.2) is 24.3 Å². The molecular formula is C16H26N2O3S. The maximum Gasteiger partial charge on any atom is 0.232 e. The number of sulfonamides is 1. The van der Waals surface area contributed by atoms with Gasteiger partial charge >= 0.3 is 0 Å². The molecule has 1 aromatic carbocycles. The van der Waals surface area contributed by atoms with Gasteiger partial charge in [-0.3, -0.25) is 9.10 Å². The van der Waals surface area contributed by atoms with Gasteiger partial charge in [0.2, 0.25) is 15.9 Å². The first kappa shape index (κ1) is 18.5. The number of nitrogens with zero attached hydrogens (tertiary/aromatic N) is 2. The van der Waals surface area contributed by atoms with E-state index < -0.39 is 10.0 Å². The van der Waals surface area contributed by atoms with Crippen molar-refractivity contribution in [3.63, 3.8) is 0 Å². The smallest absolute Gasteiger partial charge is 0.232 e. The molecule has 0 aliphatic carbocycles. The zero-order chi connectivity index (χ0) is 16.8. The molecule has 1 rings (SSSR count). The lowest BCUT2D eigenvalue weighted by Gasteiger charge is -2.24. The van der Waals surface area contributed by atoms with Crippen molar-refractivity contribution in [3.8, 4) is 0 Å². The van der Waals surface area contributed by atoms with E-state index in [2.05, 4.69) is 0 Å². The van der Waals surface area contributed by atoms with Crippen molar-refractivity contribution in [2.75, 3.05) is 30.2 Å². The summed E-state index contributed by atoms with van der Waals surface area (Å²) < 4.78 is 25.3. The van der Waals surface area contributed by atoms with Gasteiger partial charge in [-0.2, -0.15) is 0 Å². The Morgan fingerprint density at radius 2 is 1.59 bits per heavy atom. The van der Waals surface area contributed by atoms with E-state index in [9.17, 15) is 13.2 Å². The summed E-state index contributed by atoms with van der Waals surface area (Å²) in [6.07, 6.45) is 2.26. The Balaban J connectivity index is 2.88. The van der Waals surface area contributed by atoms with Gasteiger partial charge in [0, 0.05) is 26.1 Å². The molecule has 22 heavy (non-hydrogen) atoms. The topological polar surface area (TPSA) is 57.7 Å². The Kier molecular flexibility index (Phi) is 6.87. The van der Waals surface area contributed by atoms with Gasteiger partial charge in [0.15, 0.2) is 0 Å². The van der Waals surface area contributed by atoms with E-state index >= 15 is 0 Å². The molecule has 0 saturated carbocycles. The van der Waals surface area contributed by atoms with E-state index in [1.54, 1.807) is 17.0 Å². The van der Waals surface area contributed by atoms with E-state index in [1.807, 2.05) is 32.9 Å². The molecule has 1 aromatic rings. The minimum atomic E-state index is -3.41. The van der Waals surface area contributed by atoms with E-state index in [4.69, 9.17) is 0 Å². The summed E-state index contributed by atoms with van der Waals surface area (Å²) in [5, 5.41) is 0. The second-order valence-electron chi connectivity index (χ2n) is 5.17. The van der Waals surface area contributed by atoms with Gasteiger partial charge < -0.3 is 4.90 Å². The van der Waals surface area contributed by atoms with Gasteiger partial charge in [-0.25, -0.2) is 8.42 Å². The van der Waals surface area contributed by atoms with E-state index in [-0.39, 0.29) is 18.9 Å². The lowest BCUT2D eigenvalue weighted by molar-refractivity contribution is -0.130. The molecule has 0 fully saturated rings. The van der Waals surface area contributed by atoms with Gasteiger partial charge in [-0.05, 0) is 38.0 Å². The number of carbonyl (C=O) groups is 1. The molecule has 0 aliphatic heterocycles. The lowest BCUT2D eigenvalue weighted by atomic mass is 10.1. The average molecular weight is 326 g/mol. The molecule has 0 N–H and O–H groups in total. The highest BCUT2D eigenvalue weighted by molar-refractivity contribution is 7.92. The standard InChI is InChI=1S/C16H26N2O3S/c1-5-14-8-10-15(11-9-14)18(22(4,20)21)13-12-16(19)17(6-2)7-3/h8-11H,5-7,12-13H2,1-4H3. The van der Waals surface area contributed by atoms with E-state index in [0.29, 0.717) is 18.8 Å². The van der Waals surface area contributed by atoms with Crippen molar-refractivity contribution in [1.29, 1.82) is 0 Å². The van der Waals surface area contributed by atoms with Crippen molar-refractivity contribution in [2.45, 2.75) is 33.6 Å². The minimum absolute atomic E-state index is 0.0242. The molecule has 0 spiro atoms. The fraction of sp³-hybridized carbons (Fsp3) is 0.562. The SMILES string of the molecule is CCc1ccc(N(CCC(=O)N(CC)CC)S(C)(=O)=O)cc1. The largest absolute Gasteiger partial charge is 0.343 e. The molecule has 0 aliphatic rings. The molecule has 0 heterocycles. The highest BCUT2D eigenvalue weighted by Gasteiger charge is 2.19. The molecule has 0 radical (unpaired) electrons. The third-order valence-corrected chi connectivity index (χ3v) is 4.87. The quantitative estimate of drug-likeness (QED) is 0.736. The summed E-state index contributed by atoms with van der Waals surface area (Å²) in [6.45, 7) is 7.32. The lowest BCUT2D eigenvalue weighted by Crippen LogP contribution is -2.36. The second kappa shape index (κ2) is 8.17. The van der Waals surface area contributed by atoms with Crippen LogP contribution in [0, 0.1) is 0 Å². The van der Waals surface area contributed by atoms with Crippen molar-refractivity contribution >= 4 is 21.6 Å². The van der Waals surface area contributed by atoms with Gasteiger partial charge in [0.1, 0.15) is 0 Å². The first-order chi connectivity index (χ1) is 10.3. The van der Waals surface area contributed by atoms with Crippen molar-refractivity contribution in [1.82, 2.24) is 4.90 Å². The first-order valence-corrected chi connectivity index (χ1v) is 9.52. The minimum Gasteiger partial charge on any atom is -0.343 e. The van der Waals surface area contributed by atoms with Crippen LogP contribution in [0.3, 0.4) is 0 Å². The molecule has 5 nitrogen and oxygen atoms in total. The van der Waals surface area contributed by atoms with Crippen LogP contribution in [0.1, 0.15) is 32.8 Å². The zero-order valence-electron chi connectivity index (χ0n) is 13.9. The Bertz CT molecular complexity index is 578. The summed E-state index contributed by atoms with van der Waals surface area (Å²) in [5.41, 5.74) is 1.75. The van der Waals surface area contributed by atoms with Crippen molar-refractivity contribution < 1.29 is 13.2 Å². The predicted octanol–water partition coefficient (Wildman–Crippen LogP) is 2.27. The monoisotopic (exact) mass is 326 g/mol. The molecule has 6 heteroatoms. The Labute approximate surface area is 134 Å². The number of carbonyl (C=O) groups excluding carboxylic acids is 1. The first-order valence-electron chi connectivity index (χ1n) is 7.67. The Hall–Kier alpha value is -1.56. The number of hydrogen-bond acceptors (Lipinski definition) is 3. The van der Waals surface area contributed by atoms with Gasteiger partial charge in [0.25, 0.3) is 0 Å². The molecule has 0 aromatic heterocycles. The van der Waals surface area contributed by atoms with Crippen LogP contribution in [0.5, 0.6) is 0 Å². The predicted molar refractivity (Wildman–Crippen MR) is 90.6 cm³/mol. The van der Waals surface area contributed by atoms with Crippen LogP contribution in [0.25, 0.3) is 0 Å². The molecule has 0 bridgehead atoms. The highest BCUT2D eigenvalue weighted by atomic mass is 32.2.